The number of carbonyl (C=O) groups is 1. The highest BCUT2D eigenvalue weighted by Gasteiger charge is 2.27. The van der Waals surface area contributed by atoms with Crippen LogP contribution < -0.4 is 5.32 Å². The number of hydrogen-bond donors (Lipinski definition) is 1. The van der Waals surface area contributed by atoms with Crippen molar-refractivity contribution in [3.8, 4) is 0 Å². The molecule has 5 rings (SSSR count). The smallest absolute Gasteiger partial charge is 0.252 e. The van der Waals surface area contributed by atoms with Crippen LogP contribution in [-0.4, -0.2) is 24.0 Å². The molecule has 0 spiro atoms. The minimum absolute atomic E-state index is 0.165. The molecule has 1 atom stereocenters. The van der Waals surface area contributed by atoms with Crippen LogP contribution in [0.2, 0.25) is 0 Å². The molecule has 3 aromatic rings. The zero-order valence-corrected chi connectivity index (χ0v) is 15.5. The van der Waals surface area contributed by atoms with Crippen molar-refractivity contribution in [2.45, 2.75) is 31.3 Å². The Morgan fingerprint density at radius 1 is 1.18 bits per heavy atom. The summed E-state index contributed by atoms with van der Waals surface area (Å²) in [7, 11) is 0. The number of pyridine rings is 1. The predicted molar refractivity (Wildman–Crippen MR) is 105 cm³/mol. The summed E-state index contributed by atoms with van der Waals surface area (Å²) in [5.74, 6) is -0.173. The molecule has 2 aliphatic rings. The van der Waals surface area contributed by atoms with Gasteiger partial charge in [0.25, 0.3) is 5.91 Å². The SMILES string of the molecule is O=C(NCC1OCCc2ccccc21)c1cc(C2CC2)nc2ccc(F)cc12. The standard InChI is InChI=1S/C23H21FN2O2/c24-16-7-8-20-18(11-16)19(12-21(26-20)15-5-6-15)23(27)25-13-22-17-4-2-1-3-14(17)9-10-28-22/h1-4,7-8,11-12,15,22H,5-6,9-10,13H2,(H,25,27). The number of carbonyl (C=O) groups excluding carboxylic acids is 1. The number of aromatic nitrogens is 1. The summed E-state index contributed by atoms with van der Waals surface area (Å²) >= 11 is 0. The van der Waals surface area contributed by atoms with E-state index in [1.807, 2.05) is 24.3 Å². The third-order valence-electron chi connectivity index (χ3n) is 5.57. The van der Waals surface area contributed by atoms with Crippen molar-refractivity contribution in [3.05, 3.63) is 76.7 Å². The number of halogens is 1. The molecule has 1 aromatic heterocycles. The minimum Gasteiger partial charge on any atom is -0.371 e. The lowest BCUT2D eigenvalue weighted by Crippen LogP contribution is -2.32. The van der Waals surface area contributed by atoms with Crippen molar-refractivity contribution in [1.29, 1.82) is 0 Å². The molecule has 142 valence electrons. The average molecular weight is 376 g/mol. The number of hydrogen-bond acceptors (Lipinski definition) is 3. The van der Waals surface area contributed by atoms with Crippen LogP contribution in [0.25, 0.3) is 10.9 Å². The molecule has 1 unspecified atom stereocenters. The van der Waals surface area contributed by atoms with Gasteiger partial charge in [0.1, 0.15) is 11.9 Å². The van der Waals surface area contributed by atoms with Gasteiger partial charge in [0.05, 0.1) is 17.7 Å². The average Bonchev–Trinajstić information content (AvgIpc) is 3.56. The number of rotatable bonds is 4. The van der Waals surface area contributed by atoms with Gasteiger partial charge >= 0.3 is 0 Å². The van der Waals surface area contributed by atoms with Crippen molar-refractivity contribution in [2.24, 2.45) is 0 Å². The molecule has 1 N–H and O–H groups in total. The van der Waals surface area contributed by atoms with Gasteiger partial charge in [-0.15, -0.1) is 0 Å². The van der Waals surface area contributed by atoms with Gasteiger partial charge in [-0.05, 0) is 54.7 Å². The van der Waals surface area contributed by atoms with Gasteiger partial charge in [0.15, 0.2) is 0 Å². The van der Waals surface area contributed by atoms with Gasteiger partial charge < -0.3 is 10.1 Å². The van der Waals surface area contributed by atoms with E-state index in [1.165, 1.54) is 17.7 Å². The fourth-order valence-corrected chi connectivity index (χ4v) is 3.92. The van der Waals surface area contributed by atoms with Crippen LogP contribution in [0.1, 0.15) is 52.0 Å². The van der Waals surface area contributed by atoms with E-state index < -0.39 is 0 Å². The summed E-state index contributed by atoms with van der Waals surface area (Å²) in [6.07, 6.45) is 2.90. The molecule has 1 fully saturated rings. The summed E-state index contributed by atoms with van der Waals surface area (Å²) in [6.45, 7) is 1.03. The number of nitrogens with one attached hydrogen (secondary N) is 1. The molecular weight excluding hydrogens is 355 g/mol. The number of fused-ring (bicyclic) bond motifs is 2. The van der Waals surface area contributed by atoms with E-state index >= 15 is 0 Å². The van der Waals surface area contributed by atoms with E-state index in [1.54, 1.807) is 6.07 Å². The largest absolute Gasteiger partial charge is 0.371 e. The lowest BCUT2D eigenvalue weighted by molar-refractivity contribution is 0.0412. The Bertz CT molecular complexity index is 1060. The fraction of sp³-hybridized carbons (Fsp3) is 0.304. The molecule has 1 aliphatic heterocycles. The van der Waals surface area contributed by atoms with Gasteiger partial charge in [-0.2, -0.15) is 0 Å². The van der Waals surface area contributed by atoms with Crippen molar-refractivity contribution in [3.63, 3.8) is 0 Å². The number of nitrogens with zero attached hydrogens (tertiary/aromatic N) is 1. The number of benzene rings is 2. The highest BCUT2D eigenvalue weighted by atomic mass is 19.1. The van der Waals surface area contributed by atoms with Crippen LogP contribution >= 0.6 is 0 Å². The second kappa shape index (κ2) is 6.99. The van der Waals surface area contributed by atoms with Crippen LogP contribution in [0.5, 0.6) is 0 Å². The van der Waals surface area contributed by atoms with Gasteiger partial charge in [0.2, 0.25) is 0 Å². The normalized spacial score (nSPS) is 18.7. The first kappa shape index (κ1) is 17.3. The minimum atomic E-state index is -0.368. The molecule has 2 aromatic carbocycles. The van der Waals surface area contributed by atoms with E-state index in [0.717, 1.165) is 30.5 Å². The maximum absolute atomic E-state index is 13.8. The Hall–Kier alpha value is -2.79. The van der Waals surface area contributed by atoms with Crippen molar-refractivity contribution in [1.82, 2.24) is 10.3 Å². The summed E-state index contributed by atoms with van der Waals surface area (Å²) in [6, 6.07) is 14.4. The first-order chi connectivity index (χ1) is 13.7. The molecule has 5 heteroatoms. The molecule has 2 heterocycles. The Labute approximate surface area is 162 Å². The Kier molecular flexibility index (Phi) is 4.32. The van der Waals surface area contributed by atoms with Crippen molar-refractivity contribution >= 4 is 16.8 Å². The van der Waals surface area contributed by atoms with Crippen LogP contribution in [0.3, 0.4) is 0 Å². The molecule has 28 heavy (non-hydrogen) atoms. The fourth-order valence-electron chi connectivity index (χ4n) is 3.92. The maximum atomic E-state index is 13.8. The molecule has 1 amide bonds. The zero-order valence-electron chi connectivity index (χ0n) is 15.5. The highest BCUT2D eigenvalue weighted by Crippen LogP contribution is 2.40. The van der Waals surface area contributed by atoms with Crippen LogP contribution in [0, 0.1) is 5.82 Å². The van der Waals surface area contributed by atoms with E-state index in [-0.39, 0.29) is 17.8 Å². The lowest BCUT2D eigenvalue weighted by atomic mass is 9.97. The summed E-state index contributed by atoms with van der Waals surface area (Å²) in [5, 5.41) is 3.54. The summed E-state index contributed by atoms with van der Waals surface area (Å²) in [5.41, 5.74) is 4.45. The molecule has 0 bridgehead atoms. The van der Waals surface area contributed by atoms with Crippen LogP contribution in [-0.2, 0) is 11.2 Å². The molecule has 0 radical (unpaired) electrons. The van der Waals surface area contributed by atoms with Crippen molar-refractivity contribution in [2.75, 3.05) is 13.2 Å². The van der Waals surface area contributed by atoms with Gasteiger partial charge in [0, 0.05) is 23.5 Å². The lowest BCUT2D eigenvalue weighted by Gasteiger charge is -2.26. The van der Waals surface area contributed by atoms with Crippen LogP contribution in [0.15, 0.2) is 48.5 Å². The quantitative estimate of drug-likeness (QED) is 0.739. The van der Waals surface area contributed by atoms with Gasteiger partial charge in [-0.25, -0.2) is 4.39 Å². The zero-order chi connectivity index (χ0) is 19.1. The third-order valence-corrected chi connectivity index (χ3v) is 5.57. The molecule has 4 nitrogen and oxygen atoms in total. The highest BCUT2D eigenvalue weighted by molar-refractivity contribution is 6.06. The first-order valence-corrected chi connectivity index (χ1v) is 9.77. The molecular formula is C23H21FN2O2. The Balaban J connectivity index is 1.42. The van der Waals surface area contributed by atoms with Crippen molar-refractivity contribution < 1.29 is 13.9 Å². The monoisotopic (exact) mass is 376 g/mol. The molecule has 0 saturated heterocycles. The van der Waals surface area contributed by atoms with Gasteiger partial charge in [-0.1, -0.05) is 24.3 Å². The summed E-state index contributed by atoms with van der Waals surface area (Å²) in [4.78, 5) is 17.6. The van der Waals surface area contributed by atoms with E-state index in [2.05, 4.69) is 16.4 Å². The third kappa shape index (κ3) is 3.27. The van der Waals surface area contributed by atoms with Gasteiger partial charge in [-0.3, -0.25) is 9.78 Å². The van der Waals surface area contributed by atoms with E-state index in [9.17, 15) is 9.18 Å². The van der Waals surface area contributed by atoms with E-state index in [0.29, 0.717) is 35.5 Å². The number of ether oxygens (including phenoxy) is 1. The summed E-state index contributed by atoms with van der Waals surface area (Å²) < 4.78 is 19.7. The predicted octanol–water partition coefficient (Wildman–Crippen LogP) is 4.30. The Morgan fingerprint density at radius 2 is 2.04 bits per heavy atom. The topological polar surface area (TPSA) is 51.2 Å². The van der Waals surface area contributed by atoms with E-state index in [4.69, 9.17) is 4.74 Å². The maximum Gasteiger partial charge on any atom is 0.252 e. The van der Waals surface area contributed by atoms with Crippen LogP contribution in [0.4, 0.5) is 4.39 Å². The second-order valence-corrected chi connectivity index (χ2v) is 7.55. The second-order valence-electron chi connectivity index (χ2n) is 7.55. The number of amides is 1. The molecule has 1 saturated carbocycles. The molecule has 1 aliphatic carbocycles. The Morgan fingerprint density at radius 3 is 2.89 bits per heavy atom. The first-order valence-electron chi connectivity index (χ1n) is 9.77.